The highest BCUT2D eigenvalue weighted by Gasteiger charge is 2.11. The zero-order valence-electron chi connectivity index (χ0n) is 9.42. The van der Waals surface area contributed by atoms with Crippen LogP contribution in [0.15, 0.2) is 35.5 Å². The molecule has 0 radical (unpaired) electrons. The molecule has 96 valence electrons. The molecule has 0 aliphatic carbocycles. The summed E-state index contributed by atoms with van der Waals surface area (Å²) in [4.78, 5) is 15.9. The van der Waals surface area contributed by atoms with E-state index in [1.54, 1.807) is 18.2 Å². The van der Waals surface area contributed by atoms with E-state index in [0.717, 1.165) is 4.68 Å². The van der Waals surface area contributed by atoms with Crippen molar-refractivity contribution in [2.45, 2.75) is 0 Å². The number of nitrogens with zero attached hydrogens (tertiary/aromatic N) is 4. The number of aromatic nitrogens is 4. The summed E-state index contributed by atoms with van der Waals surface area (Å²) in [5.74, 6) is 5.44. The maximum absolute atomic E-state index is 11.8. The number of fused-ring (bicyclic) bond motifs is 1. The van der Waals surface area contributed by atoms with Crippen LogP contribution in [-0.2, 0) is 0 Å². The second kappa shape index (κ2) is 4.25. The van der Waals surface area contributed by atoms with E-state index in [0.29, 0.717) is 26.8 Å². The molecule has 3 rings (SSSR count). The summed E-state index contributed by atoms with van der Waals surface area (Å²) < 4.78 is 2.40. The lowest BCUT2D eigenvalue weighted by Crippen LogP contribution is -2.26. The van der Waals surface area contributed by atoms with Gasteiger partial charge in [-0.1, -0.05) is 23.2 Å². The van der Waals surface area contributed by atoms with Crippen LogP contribution >= 0.6 is 23.2 Å². The van der Waals surface area contributed by atoms with E-state index < -0.39 is 0 Å². The highest BCUT2D eigenvalue weighted by molar-refractivity contribution is 6.42. The summed E-state index contributed by atoms with van der Waals surface area (Å²) in [5, 5.41) is 5.29. The molecular formula is C11H7Cl2N5O. The minimum Gasteiger partial charge on any atom is -0.335 e. The first-order valence-electron chi connectivity index (χ1n) is 5.24. The Morgan fingerprint density at radius 2 is 2.00 bits per heavy atom. The third-order valence-electron chi connectivity index (χ3n) is 2.66. The van der Waals surface area contributed by atoms with Gasteiger partial charge in [-0.05, 0) is 18.2 Å². The van der Waals surface area contributed by atoms with Gasteiger partial charge in [0.05, 0.1) is 21.9 Å². The molecular weight excluding hydrogens is 289 g/mol. The van der Waals surface area contributed by atoms with Gasteiger partial charge in [0.2, 0.25) is 0 Å². The Bertz CT molecular complexity index is 839. The third kappa shape index (κ3) is 1.85. The first kappa shape index (κ1) is 12.0. The van der Waals surface area contributed by atoms with Crippen molar-refractivity contribution in [3.63, 3.8) is 0 Å². The van der Waals surface area contributed by atoms with Gasteiger partial charge < -0.3 is 5.84 Å². The molecule has 0 saturated carbocycles. The third-order valence-corrected chi connectivity index (χ3v) is 3.40. The molecule has 0 spiro atoms. The summed E-state index contributed by atoms with van der Waals surface area (Å²) in [7, 11) is 0. The van der Waals surface area contributed by atoms with Crippen LogP contribution in [0.4, 0.5) is 0 Å². The Morgan fingerprint density at radius 1 is 1.21 bits per heavy atom. The summed E-state index contributed by atoms with van der Waals surface area (Å²) >= 11 is 11.8. The molecule has 0 bridgehead atoms. The van der Waals surface area contributed by atoms with Crippen molar-refractivity contribution in [2.24, 2.45) is 0 Å². The lowest BCUT2D eigenvalue weighted by Gasteiger charge is -2.04. The lowest BCUT2D eigenvalue weighted by molar-refractivity contribution is 0.874. The zero-order valence-corrected chi connectivity index (χ0v) is 10.9. The minimum atomic E-state index is -0.365. The molecule has 6 nitrogen and oxygen atoms in total. The maximum atomic E-state index is 11.8. The molecule has 0 saturated heterocycles. The quantitative estimate of drug-likeness (QED) is 0.692. The highest BCUT2D eigenvalue weighted by atomic mass is 35.5. The molecule has 2 heterocycles. The van der Waals surface area contributed by atoms with Crippen LogP contribution < -0.4 is 11.4 Å². The van der Waals surface area contributed by atoms with E-state index in [1.807, 2.05) is 0 Å². The number of rotatable bonds is 1. The Kier molecular flexibility index (Phi) is 2.69. The topological polar surface area (TPSA) is 78.7 Å². The predicted molar refractivity (Wildman–Crippen MR) is 73.3 cm³/mol. The molecule has 0 aliphatic heterocycles. The second-order valence-corrected chi connectivity index (χ2v) is 4.66. The van der Waals surface area contributed by atoms with Crippen molar-refractivity contribution >= 4 is 34.2 Å². The average molecular weight is 296 g/mol. The van der Waals surface area contributed by atoms with Crippen molar-refractivity contribution in [1.29, 1.82) is 0 Å². The monoisotopic (exact) mass is 295 g/mol. The van der Waals surface area contributed by atoms with Gasteiger partial charge in [-0.2, -0.15) is 5.10 Å². The van der Waals surface area contributed by atoms with Gasteiger partial charge in [-0.25, -0.2) is 14.3 Å². The van der Waals surface area contributed by atoms with E-state index in [1.165, 1.54) is 17.2 Å². The Morgan fingerprint density at radius 3 is 2.74 bits per heavy atom. The number of hydrogen-bond donors (Lipinski definition) is 1. The zero-order chi connectivity index (χ0) is 13.6. The molecule has 2 N–H and O–H groups in total. The molecule has 3 aromatic rings. The van der Waals surface area contributed by atoms with Crippen LogP contribution in [0, 0.1) is 0 Å². The molecule has 0 fully saturated rings. The van der Waals surface area contributed by atoms with E-state index in [4.69, 9.17) is 29.0 Å². The molecule has 8 heteroatoms. The van der Waals surface area contributed by atoms with Crippen molar-refractivity contribution in [1.82, 2.24) is 19.4 Å². The van der Waals surface area contributed by atoms with E-state index >= 15 is 0 Å². The van der Waals surface area contributed by atoms with Crippen molar-refractivity contribution < 1.29 is 0 Å². The van der Waals surface area contributed by atoms with Crippen LogP contribution in [0.2, 0.25) is 10.0 Å². The van der Waals surface area contributed by atoms with Gasteiger partial charge >= 0.3 is 0 Å². The maximum Gasteiger partial charge on any atom is 0.282 e. The summed E-state index contributed by atoms with van der Waals surface area (Å²) in [6, 6.07) is 5.03. The van der Waals surface area contributed by atoms with Gasteiger partial charge in [-0.3, -0.25) is 4.79 Å². The minimum absolute atomic E-state index is 0.330. The number of halogens is 2. The summed E-state index contributed by atoms with van der Waals surface area (Å²) in [5.41, 5.74) is 0.701. The Balaban J connectivity index is 2.29. The first-order chi connectivity index (χ1) is 9.08. The molecule has 19 heavy (non-hydrogen) atoms. The number of benzene rings is 1. The van der Waals surface area contributed by atoms with Gasteiger partial charge in [-0.15, -0.1) is 0 Å². The summed E-state index contributed by atoms with van der Waals surface area (Å²) in [6.07, 6.45) is 2.65. The Labute approximate surface area is 117 Å². The average Bonchev–Trinajstić information content (AvgIpc) is 2.82. The summed E-state index contributed by atoms with van der Waals surface area (Å²) in [6.45, 7) is 0. The smallest absolute Gasteiger partial charge is 0.282 e. The number of nitrogen functional groups attached to an aromatic ring is 1. The van der Waals surface area contributed by atoms with Crippen LogP contribution in [0.1, 0.15) is 0 Å². The molecule has 0 aliphatic rings. The normalized spacial score (nSPS) is 11.1. The second-order valence-electron chi connectivity index (χ2n) is 3.85. The fourth-order valence-corrected chi connectivity index (χ4v) is 2.02. The van der Waals surface area contributed by atoms with E-state index in [2.05, 4.69) is 10.1 Å². The number of nitrogens with two attached hydrogens (primary N) is 1. The van der Waals surface area contributed by atoms with E-state index in [9.17, 15) is 4.79 Å². The highest BCUT2D eigenvalue weighted by Crippen LogP contribution is 2.25. The predicted octanol–water partition coefficient (Wildman–Crippen LogP) is 1.60. The van der Waals surface area contributed by atoms with Crippen LogP contribution in [-0.4, -0.2) is 19.4 Å². The van der Waals surface area contributed by atoms with Gasteiger partial charge in [0, 0.05) is 0 Å². The largest absolute Gasteiger partial charge is 0.335 e. The molecule has 1 aromatic carbocycles. The molecule has 0 amide bonds. The van der Waals surface area contributed by atoms with Crippen molar-refractivity contribution in [3.8, 4) is 5.69 Å². The van der Waals surface area contributed by atoms with Gasteiger partial charge in [0.15, 0.2) is 5.65 Å². The fraction of sp³-hybridized carbons (Fsp3) is 0. The van der Waals surface area contributed by atoms with Crippen LogP contribution in [0.5, 0.6) is 0 Å². The van der Waals surface area contributed by atoms with Crippen molar-refractivity contribution in [3.05, 3.63) is 51.1 Å². The van der Waals surface area contributed by atoms with Crippen LogP contribution in [0.3, 0.4) is 0 Å². The molecule has 2 aromatic heterocycles. The molecule has 0 unspecified atom stereocenters. The lowest BCUT2D eigenvalue weighted by atomic mass is 10.3. The standard InChI is InChI=1S/C11H7Cl2N5O/c12-8-2-1-6(3-9(8)13)18-10-7(4-16-18)11(19)17(14)5-15-10/h1-5H,14H2. The first-order valence-corrected chi connectivity index (χ1v) is 5.99. The number of hydrogen-bond acceptors (Lipinski definition) is 4. The van der Waals surface area contributed by atoms with Crippen LogP contribution in [0.25, 0.3) is 16.7 Å². The Hall–Kier alpha value is -2.05. The molecule has 0 atom stereocenters. The fourth-order valence-electron chi connectivity index (χ4n) is 1.73. The van der Waals surface area contributed by atoms with Gasteiger partial charge in [0.1, 0.15) is 11.7 Å². The van der Waals surface area contributed by atoms with E-state index in [-0.39, 0.29) is 5.56 Å². The SMILES string of the molecule is Nn1cnc2c(cnn2-c2ccc(Cl)c(Cl)c2)c1=O. The van der Waals surface area contributed by atoms with Gasteiger partial charge in [0.25, 0.3) is 5.56 Å². The van der Waals surface area contributed by atoms with Crippen molar-refractivity contribution in [2.75, 3.05) is 5.84 Å².